The Hall–Kier alpha value is -1.25. The molecular weight excluding hydrogens is 238 g/mol. The predicted octanol–water partition coefficient (Wildman–Crippen LogP) is 4.26. The van der Waals surface area contributed by atoms with Crippen LogP contribution in [-0.4, -0.2) is 6.26 Å². The van der Waals surface area contributed by atoms with E-state index in [0.717, 1.165) is 6.54 Å². The van der Waals surface area contributed by atoms with Gasteiger partial charge < -0.3 is 5.32 Å². The Bertz CT molecular complexity index is 464. The van der Waals surface area contributed by atoms with Crippen LogP contribution in [0.5, 0.6) is 0 Å². The van der Waals surface area contributed by atoms with Crippen LogP contribution >= 0.6 is 11.8 Å². The predicted molar refractivity (Wildman–Crippen MR) is 79.9 cm³/mol. The topological polar surface area (TPSA) is 12.0 Å². The van der Waals surface area contributed by atoms with Crippen LogP contribution in [-0.2, 0) is 6.54 Å². The van der Waals surface area contributed by atoms with Gasteiger partial charge >= 0.3 is 0 Å². The number of thioether (sulfide) groups is 1. The molecule has 2 rings (SSSR count). The summed E-state index contributed by atoms with van der Waals surface area (Å²) in [6.45, 7) is 3.11. The van der Waals surface area contributed by atoms with Crippen LogP contribution in [0.4, 0.5) is 0 Å². The van der Waals surface area contributed by atoms with Crippen molar-refractivity contribution >= 4 is 11.8 Å². The Morgan fingerprint density at radius 2 is 1.67 bits per heavy atom. The molecule has 0 spiro atoms. The Balaban J connectivity index is 1.91. The molecule has 18 heavy (non-hydrogen) atoms. The quantitative estimate of drug-likeness (QED) is 0.803. The highest BCUT2D eigenvalue weighted by atomic mass is 32.2. The zero-order valence-corrected chi connectivity index (χ0v) is 11.7. The number of benzene rings is 2. The van der Waals surface area contributed by atoms with Gasteiger partial charge in [-0.2, -0.15) is 0 Å². The standard InChI is InChI=1S/C16H19NS/c1-13(15-6-4-3-5-7-15)17-12-14-8-10-16(18-2)11-9-14/h3-11,13,17H,12H2,1-2H3/t13-/m0/s1. The molecule has 0 aliphatic rings. The van der Waals surface area contributed by atoms with Gasteiger partial charge in [-0.25, -0.2) is 0 Å². The Labute approximate surface area is 114 Å². The highest BCUT2D eigenvalue weighted by molar-refractivity contribution is 7.98. The van der Waals surface area contributed by atoms with Crippen molar-refractivity contribution in [2.45, 2.75) is 24.4 Å². The van der Waals surface area contributed by atoms with Crippen LogP contribution in [0.3, 0.4) is 0 Å². The lowest BCUT2D eigenvalue weighted by atomic mass is 10.1. The zero-order valence-electron chi connectivity index (χ0n) is 10.9. The average Bonchev–Trinajstić information content (AvgIpc) is 2.46. The van der Waals surface area contributed by atoms with Crippen LogP contribution in [0, 0.1) is 0 Å². The second-order valence-electron chi connectivity index (χ2n) is 4.36. The SMILES string of the molecule is CSc1ccc(CN[C@@H](C)c2ccccc2)cc1. The van der Waals surface area contributed by atoms with Crippen molar-refractivity contribution in [3.8, 4) is 0 Å². The molecule has 0 unspecified atom stereocenters. The van der Waals surface area contributed by atoms with Crippen LogP contribution < -0.4 is 5.32 Å². The number of nitrogens with one attached hydrogen (secondary N) is 1. The van der Waals surface area contributed by atoms with Gasteiger partial charge in [0.15, 0.2) is 0 Å². The molecule has 0 saturated carbocycles. The highest BCUT2D eigenvalue weighted by Gasteiger charge is 2.03. The van der Waals surface area contributed by atoms with E-state index in [0.29, 0.717) is 6.04 Å². The van der Waals surface area contributed by atoms with E-state index in [1.165, 1.54) is 16.0 Å². The molecule has 2 heteroatoms. The first-order valence-corrected chi connectivity index (χ1v) is 7.43. The molecule has 0 bridgehead atoms. The summed E-state index contributed by atoms with van der Waals surface area (Å²) in [5, 5.41) is 3.55. The third-order valence-electron chi connectivity index (χ3n) is 3.07. The molecule has 0 fully saturated rings. The monoisotopic (exact) mass is 257 g/mol. The van der Waals surface area contributed by atoms with Crippen molar-refractivity contribution in [3.63, 3.8) is 0 Å². The van der Waals surface area contributed by atoms with Crippen molar-refractivity contribution < 1.29 is 0 Å². The minimum Gasteiger partial charge on any atom is -0.306 e. The summed E-state index contributed by atoms with van der Waals surface area (Å²) in [4.78, 5) is 1.31. The third-order valence-corrected chi connectivity index (χ3v) is 3.81. The van der Waals surface area contributed by atoms with Crippen LogP contribution in [0.15, 0.2) is 59.5 Å². The second kappa shape index (κ2) is 6.62. The van der Waals surface area contributed by atoms with Gasteiger partial charge in [-0.1, -0.05) is 42.5 Å². The fourth-order valence-corrected chi connectivity index (χ4v) is 2.28. The van der Waals surface area contributed by atoms with E-state index in [4.69, 9.17) is 0 Å². The van der Waals surface area contributed by atoms with Gasteiger partial charge in [-0.15, -0.1) is 11.8 Å². The summed E-state index contributed by atoms with van der Waals surface area (Å²) in [6, 6.07) is 19.7. The van der Waals surface area contributed by atoms with Gasteiger partial charge in [0.05, 0.1) is 0 Å². The average molecular weight is 257 g/mol. The summed E-state index contributed by atoms with van der Waals surface area (Å²) in [7, 11) is 0. The van der Waals surface area contributed by atoms with Gasteiger partial charge in [0.2, 0.25) is 0 Å². The Kier molecular flexibility index (Phi) is 4.85. The Morgan fingerprint density at radius 3 is 2.28 bits per heavy atom. The maximum Gasteiger partial charge on any atom is 0.0294 e. The zero-order chi connectivity index (χ0) is 12.8. The minimum atomic E-state index is 0.381. The molecule has 1 N–H and O–H groups in total. The van der Waals surface area contributed by atoms with Crippen molar-refractivity contribution in [2.75, 3.05) is 6.26 Å². The van der Waals surface area contributed by atoms with Gasteiger partial charge in [0.25, 0.3) is 0 Å². The first-order chi connectivity index (χ1) is 8.79. The van der Waals surface area contributed by atoms with E-state index in [-0.39, 0.29) is 0 Å². The lowest BCUT2D eigenvalue weighted by Crippen LogP contribution is -2.17. The minimum absolute atomic E-state index is 0.381. The number of rotatable bonds is 5. The lowest BCUT2D eigenvalue weighted by Gasteiger charge is -2.14. The summed E-state index contributed by atoms with van der Waals surface area (Å²) >= 11 is 1.78. The Morgan fingerprint density at radius 1 is 1.00 bits per heavy atom. The molecule has 0 aliphatic heterocycles. The molecule has 94 valence electrons. The second-order valence-corrected chi connectivity index (χ2v) is 5.24. The third kappa shape index (κ3) is 3.62. The van der Waals surface area contributed by atoms with E-state index in [1.807, 2.05) is 0 Å². The first-order valence-electron chi connectivity index (χ1n) is 6.21. The molecule has 0 saturated heterocycles. The van der Waals surface area contributed by atoms with E-state index < -0.39 is 0 Å². The summed E-state index contributed by atoms with van der Waals surface area (Å²) in [5.74, 6) is 0. The molecule has 2 aromatic rings. The molecule has 0 amide bonds. The summed E-state index contributed by atoms with van der Waals surface area (Å²) in [5.41, 5.74) is 2.66. The fourth-order valence-electron chi connectivity index (χ4n) is 1.87. The first kappa shape index (κ1) is 13.2. The van der Waals surface area contributed by atoms with Gasteiger partial charge in [-0.05, 0) is 36.4 Å². The normalized spacial score (nSPS) is 12.3. The van der Waals surface area contributed by atoms with Crippen molar-refractivity contribution in [1.29, 1.82) is 0 Å². The highest BCUT2D eigenvalue weighted by Crippen LogP contribution is 2.16. The van der Waals surface area contributed by atoms with E-state index in [1.54, 1.807) is 11.8 Å². The maximum absolute atomic E-state index is 3.55. The van der Waals surface area contributed by atoms with E-state index >= 15 is 0 Å². The maximum atomic E-state index is 3.55. The summed E-state index contributed by atoms with van der Waals surface area (Å²) < 4.78 is 0. The molecule has 0 aromatic heterocycles. The van der Waals surface area contributed by atoms with Crippen LogP contribution in [0.1, 0.15) is 24.1 Å². The number of hydrogen-bond acceptors (Lipinski definition) is 2. The molecule has 2 aromatic carbocycles. The van der Waals surface area contributed by atoms with E-state index in [9.17, 15) is 0 Å². The fraction of sp³-hybridized carbons (Fsp3) is 0.250. The van der Waals surface area contributed by atoms with Crippen LogP contribution in [0.25, 0.3) is 0 Å². The van der Waals surface area contributed by atoms with Gasteiger partial charge in [-0.3, -0.25) is 0 Å². The summed E-state index contributed by atoms with van der Waals surface area (Å²) in [6.07, 6.45) is 2.10. The largest absolute Gasteiger partial charge is 0.306 e. The molecule has 1 atom stereocenters. The molecule has 0 radical (unpaired) electrons. The van der Waals surface area contributed by atoms with Crippen molar-refractivity contribution in [2.24, 2.45) is 0 Å². The lowest BCUT2D eigenvalue weighted by molar-refractivity contribution is 0.574. The molecule has 0 heterocycles. The van der Waals surface area contributed by atoms with Crippen molar-refractivity contribution in [3.05, 3.63) is 65.7 Å². The smallest absolute Gasteiger partial charge is 0.0294 e. The van der Waals surface area contributed by atoms with Gasteiger partial charge in [0, 0.05) is 17.5 Å². The number of hydrogen-bond donors (Lipinski definition) is 1. The van der Waals surface area contributed by atoms with Crippen molar-refractivity contribution in [1.82, 2.24) is 5.32 Å². The molecule has 0 aliphatic carbocycles. The van der Waals surface area contributed by atoms with Gasteiger partial charge in [0.1, 0.15) is 0 Å². The molecular formula is C16H19NS. The molecule has 1 nitrogen and oxygen atoms in total. The van der Waals surface area contributed by atoms with Crippen LogP contribution in [0.2, 0.25) is 0 Å². The van der Waals surface area contributed by atoms with E-state index in [2.05, 4.69) is 73.1 Å².